The van der Waals surface area contributed by atoms with E-state index in [1.165, 1.54) is 28.4 Å². The zero-order valence-electron chi connectivity index (χ0n) is 15.4. The van der Waals surface area contributed by atoms with Crippen LogP contribution in [-0.2, 0) is 9.59 Å². The van der Waals surface area contributed by atoms with Gasteiger partial charge in [0.15, 0.2) is 0 Å². The van der Waals surface area contributed by atoms with Crippen molar-refractivity contribution in [3.05, 3.63) is 74.1 Å². The average molecular weight is 507 g/mol. The van der Waals surface area contributed by atoms with E-state index in [0.717, 1.165) is 14.7 Å². The van der Waals surface area contributed by atoms with E-state index >= 15 is 0 Å². The van der Waals surface area contributed by atoms with Crippen molar-refractivity contribution >= 4 is 73.5 Å². The Bertz CT molecular complexity index is 1180. The van der Waals surface area contributed by atoms with Gasteiger partial charge in [0, 0.05) is 0 Å². The van der Waals surface area contributed by atoms with Crippen LogP contribution >= 0.6 is 38.9 Å². The molecule has 1 aliphatic rings. The molecule has 1 N–H and O–H groups in total. The molecule has 30 heavy (non-hydrogen) atoms. The molecule has 1 aliphatic heterocycles. The molecule has 0 fully saturated rings. The van der Waals surface area contributed by atoms with Crippen LogP contribution in [0.3, 0.4) is 0 Å². The predicted octanol–water partition coefficient (Wildman–Crippen LogP) is 5.80. The Morgan fingerprint density at radius 1 is 1.23 bits per heavy atom. The number of thiophene rings is 1. The van der Waals surface area contributed by atoms with Crippen molar-refractivity contribution in [3.63, 3.8) is 0 Å². The average Bonchev–Trinajstić information content (AvgIpc) is 3.09. The van der Waals surface area contributed by atoms with Crippen LogP contribution in [0.5, 0.6) is 0 Å². The molecule has 152 valence electrons. The summed E-state index contributed by atoms with van der Waals surface area (Å²) in [6.45, 7) is -0.222. The number of amides is 2. The molecule has 5 nitrogen and oxygen atoms in total. The third-order valence-electron chi connectivity index (χ3n) is 4.41. The lowest BCUT2D eigenvalue weighted by molar-refractivity contribution is -0.120. The van der Waals surface area contributed by atoms with Gasteiger partial charge in [-0.15, -0.1) is 11.3 Å². The predicted molar refractivity (Wildman–Crippen MR) is 122 cm³/mol. The molecule has 4 rings (SSSR count). The minimum atomic E-state index is -0.500. The smallest absolute Gasteiger partial charge is 0.244 e. The van der Waals surface area contributed by atoms with Gasteiger partial charge in [-0.05, 0) is 58.4 Å². The standard InChI is InChI=1S/C21H14BrClFN3O2S/c22-19-8-7-18(30-19)16-10-21(29)27(17-4-2-1-3-15(17)25-16)11-20(28)26-14-6-5-12(24)9-13(14)23/h1-9H,10-11H2,(H,26,28). The molecule has 0 spiro atoms. The Morgan fingerprint density at radius 3 is 2.77 bits per heavy atom. The lowest BCUT2D eigenvalue weighted by Gasteiger charge is -2.22. The quantitative estimate of drug-likeness (QED) is 0.486. The zero-order valence-corrected chi connectivity index (χ0v) is 18.5. The number of para-hydroxylation sites is 2. The lowest BCUT2D eigenvalue weighted by atomic mass is 10.2. The van der Waals surface area contributed by atoms with Crippen molar-refractivity contribution in [3.8, 4) is 0 Å². The molecule has 2 heterocycles. The van der Waals surface area contributed by atoms with E-state index in [2.05, 4.69) is 26.2 Å². The van der Waals surface area contributed by atoms with E-state index in [0.29, 0.717) is 17.1 Å². The van der Waals surface area contributed by atoms with Crippen LogP contribution in [0.1, 0.15) is 11.3 Å². The van der Waals surface area contributed by atoms with Gasteiger partial charge in [0.2, 0.25) is 11.8 Å². The van der Waals surface area contributed by atoms with Crippen molar-refractivity contribution < 1.29 is 14.0 Å². The number of rotatable bonds is 4. The first kappa shape index (κ1) is 20.7. The van der Waals surface area contributed by atoms with E-state index in [1.54, 1.807) is 18.2 Å². The third kappa shape index (κ3) is 4.45. The molecule has 2 aromatic carbocycles. The highest BCUT2D eigenvalue weighted by atomic mass is 79.9. The SMILES string of the molecule is O=C(CN1C(=O)CC(c2ccc(Br)s2)=Nc2ccccc21)Nc1ccc(F)cc1Cl. The van der Waals surface area contributed by atoms with Crippen molar-refractivity contribution in [2.45, 2.75) is 6.42 Å². The summed E-state index contributed by atoms with van der Waals surface area (Å²) in [5.74, 6) is -1.20. The first-order valence-electron chi connectivity index (χ1n) is 8.88. The minimum Gasteiger partial charge on any atom is -0.323 e. The van der Waals surface area contributed by atoms with E-state index < -0.39 is 11.7 Å². The Morgan fingerprint density at radius 2 is 2.03 bits per heavy atom. The fourth-order valence-corrected chi connectivity index (χ4v) is 4.64. The zero-order chi connectivity index (χ0) is 21.3. The topological polar surface area (TPSA) is 61.8 Å². The minimum absolute atomic E-state index is 0.0617. The number of hydrogen-bond acceptors (Lipinski definition) is 4. The maximum atomic E-state index is 13.2. The van der Waals surface area contributed by atoms with Gasteiger partial charge < -0.3 is 10.2 Å². The van der Waals surface area contributed by atoms with Gasteiger partial charge in [-0.2, -0.15) is 0 Å². The second-order valence-electron chi connectivity index (χ2n) is 6.48. The number of fused-ring (bicyclic) bond motifs is 1. The Hall–Kier alpha value is -2.55. The molecule has 0 atom stereocenters. The number of carbonyl (C=O) groups excluding carboxylic acids is 2. The summed E-state index contributed by atoms with van der Waals surface area (Å²) in [7, 11) is 0. The largest absolute Gasteiger partial charge is 0.323 e. The third-order valence-corrected chi connectivity index (χ3v) is 6.40. The summed E-state index contributed by atoms with van der Waals surface area (Å²) in [5, 5.41) is 2.71. The molecule has 9 heteroatoms. The Balaban J connectivity index is 1.60. The molecule has 0 unspecified atom stereocenters. The highest BCUT2D eigenvalue weighted by Crippen LogP contribution is 2.34. The highest BCUT2D eigenvalue weighted by Gasteiger charge is 2.27. The molecule has 0 radical (unpaired) electrons. The molecular formula is C21H14BrClFN3O2S. The number of anilines is 2. The summed E-state index contributed by atoms with van der Waals surface area (Å²) >= 11 is 10.9. The van der Waals surface area contributed by atoms with Crippen LogP contribution < -0.4 is 10.2 Å². The fraction of sp³-hybridized carbons (Fsp3) is 0.0952. The first-order chi connectivity index (χ1) is 14.4. The molecule has 0 saturated carbocycles. The van der Waals surface area contributed by atoms with Crippen LogP contribution in [0.15, 0.2) is 63.4 Å². The molecule has 2 amide bonds. The van der Waals surface area contributed by atoms with Gasteiger partial charge in [0.25, 0.3) is 0 Å². The molecule has 0 aliphatic carbocycles. The first-order valence-corrected chi connectivity index (χ1v) is 10.9. The fourth-order valence-electron chi connectivity index (χ4n) is 3.05. The van der Waals surface area contributed by atoms with Crippen LogP contribution in [0.4, 0.5) is 21.5 Å². The summed E-state index contributed by atoms with van der Waals surface area (Å²) in [6.07, 6.45) is 0.0617. The lowest BCUT2D eigenvalue weighted by Crippen LogP contribution is -2.38. The van der Waals surface area contributed by atoms with Gasteiger partial charge >= 0.3 is 0 Å². The van der Waals surface area contributed by atoms with E-state index in [-0.39, 0.29) is 29.6 Å². The van der Waals surface area contributed by atoms with Gasteiger partial charge in [0.05, 0.1) is 42.9 Å². The van der Waals surface area contributed by atoms with Crippen LogP contribution in [0, 0.1) is 5.82 Å². The number of aliphatic imine (C=N–C) groups is 1. The summed E-state index contributed by atoms with van der Waals surface area (Å²) < 4.78 is 14.2. The molecule has 1 aromatic heterocycles. The molecule has 0 bridgehead atoms. The van der Waals surface area contributed by atoms with Crippen molar-refractivity contribution in [1.82, 2.24) is 0 Å². The van der Waals surface area contributed by atoms with E-state index in [4.69, 9.17) is 11.6 Å². The summed E-state index contributed by atoms with van der Waals surface area (Å²) in [4.78, 5) is 32.7. The molecule has 0 saturated heterocycles. The number of hydrogen-bond donors (Lipinski definition) is 1. The van der Waals surface area contributed by atoms with Crippen LogP contribution in [0.25, 0.3) is 0 Å². The van der Waals surface area contributed by atoms with Gasteiger partial charge in [-0.3, -0.25) is 9.59 Å². The maximum Gasteiger partial charge on any atom is 0.244 e. The maximum absolute atomic E-state index is 13.2. The van der Waals surface area contributed by atoms with E-state index in [1.807, 2.05) is 18.2 Å². The van der Waals surface area contributed by atoms with Crippen molar-refractivity contribution in [2.24, 2.45) is 4.99 Å². The number of halogens is 3. The Labute approximate surface area is 189 Å². The van der Waals surface area contributed by atoms with Crippen LogP contribution in [-0.4, -0.2) is 24.1 Å². The highest BCUT2D eigenvalue weighted by molar-refractivity contribution is 9.11. The second-order valence-corrected chi connectivity index (χ2v) is 9.35. The number of nitrogens with one attached hydrogen (secondary N) is 1. The van der Waals surface area contributed by atoms with E-state index in [9.17, 15) is 14.0 Å². The summed E-state index contributed by atoms with van der Waals surface area (Å²) in [6, 6.07) is 14.7. The number of benzene rings is 2. The summed E-state index contributed by atoms with van der Waals surface area (Å²) in [5.41, 5.74) is 2.08. The normalized spacial score (nSPS) is 13.5. The second kappa shape index (κ2) is 8.67. The molecule has 3 aromatic rings. The van der Waals surface area contributed by atoms with Crippen LogP contribution in [0.2, 0.25) is 5.02 Å². The van der Waals surface area contributed by atoms with Gasteiger partial charge in [-0.1, -0.05) is 23.7 Å². The monoisotopic (exact) mass is 505 g/mol. The van der Waals surface area contributed by atoms with Crippen molar-refractivity contribution in [2.75, 3.05) is 16.8 Å². The Kier molecular flexibility index (Phi) is 5.99. The molecular weight excluding hydrogens is 493 g/mol. The number of nitrogens with zero attached hydrogens (tertiary/aromatic N) is 2. The van der Waals surface area contributed by atoms with Gasteiger partial charge in [0.1, 0.15) is 12.4 Å². The number of carbonyl (C=O) groups is 2. The van der Waals surface area contributed by atoms with Gasteiger partial charge in [-0.25, -0.2) is 9.38 Å². The van der Waals surface area contributed by atoms with Crippen molar-refractivity contribution in [1.29, 1.82) is 0 Å².